The molecule has 7 heteroatoms. The molecule has 1 fully saturated rings. The van der Waals surface area contributed by atoms with E-state index in [0.717, 1.165) is 0 Å². The molecule has 1 saturated heterocycles. The zero-order valence-corrected chi connectivity index (χ0v) is 13.5. The number of Topliss-reactive ketones (excluding diaryl/α,β-unsaturated/α-hetero) is 1. The molecule has 0 saturated carbocycles. The predicted molar refractivity (Wildman–Crippen MR) is 79.4 cm³/mol. The third-order valence-corrected chi connectivity index (χ3v) is 5.83. The van der Waals surface area contributed by atoms with Crippen molar-refractivity contribution in [3.05, 3.63) is 22.5 Å². The lowest BCUT2D eigenvalue weighted by atomic mass is 10.1. The maximum absolute atomic E-state index is 12.5. The summed E-state index contributed by atoms with van der Waals surface area (Å²) >= 11 is 0. The molecule has 1 aromatic heterocycles. The van der Waals surface area contributed by atoms with Crippen molar-refractivity contribution in [3.8, 4) is 0 Å². The first-order valence-corrected chi connectivity index (χ1v) is 8.64. The first-order valence-electron chi connectivity index (χ1n) is 6.81. The van der Waals surface area contributed by atoms with Crippen LogP contribution in [0, 0.1) is 13.8 Å². The number of hydrogen-bond donors (Lipinski definition) is 1. The second-order valence-electron chi connectivity index (χ2n) is 5.65. The number of hydrogen-bond acceptors (Lipinski definition) is 4. The van der Waals surface area contributed by atoms with E-state index in [1.165, 1.54) is 11.8 Å². The van der Waals surface area contributed by atoms with E-state index in [2.05, 4.69) is 4.98 Å². The van der Waals surface area contributed by atoms with Crippen molar-refractivity contribution in [3.63, 3.8) is 0 Å². The third kappa shape index (κ3) is 2.88. The minimum Gasteiger partial charge on any atom is -0.354 e. The summed E-state index contributed by atoms with van der Waals surface area (Å²) in [6, 6.07) is -0.300. The quantitative estimate of drug-likeness (QED) is 0.846. The molecule has 1 aromatic rings. The molecule has 1 amide bonds. The van der Waals surface area contributed by atoms with Crippen molar-refractivity contribution < 1.29 is 18.0 Å². The summed E-state index contributed by atoms with van der Waals surface area (Å²) in [6.07, 6.45) is 0.461. The number of nitrogens with one attached hydrogen (secondary N) is 1. The Morgan fingerprint density at radius 3 is 2.33 bits per heavy atom. The van der Waals surface area contributed by atoms with Crippen LogP contribution in [0.15, 0.2) is 0 Å². The normalized spacial score (nSPS) is 20.5. The molecule has 1 N–H and O–H groups in total. The number of amides is 1. The summed E-state index contributed by atoms with van der Waals surface area (Å²) in [7, 11) is -1.43. The van der Waals surface area contributed by atoms with E-state index in [9.17, 15) is 18.0 Å². The smallest absolute Gasteiger partial charge is 0.270 e. The van der Waals surface area contributed by atoms with Crippen molar-refractivity contribution in [2.45, 2.75) is 33.2 Å². The topological polar surface area (TPSA) is 87.3 Å². The Hall–Kier alpha value is -1.63. The largest absolute Gasteiger partial charge is 0.354 e. The molecule has 21 heavy (non-hydrogen) atoms. The maximum Gasteiger partial charge on any atom is 0.270 e. The van der Waals surface area contributed by atoms with Gasteiger partial charge in [-0.05, 0) is 32.8 Å². The summed E-state index contributed by atoms with van der Waals surface area (Å²) in [4.78, 5) is 28.6. The molecule has 0 unspecified atom stereocenters. The van der Waals surface area contributed by atoms with Crippen molar-refractivity contribution >= 4 is 21.5 Å². The molecule has 6 nitrogen and oxygen atoms in total. The molecule has 1 atom stereocenters. The van der Waals surface area contributed by atoms with Gasteiger partial charge in [-0.1, -0.05) is 0 Å². The number of carbonyl (C=O) groups is 2. The minimum absolute atomic E-state index is 0.00748. The Morgan fingerprint density at radius 2 is 1.90 bits per heavy atom. The third-order valence-electron chi connectivity index (χ3n) is 4.08. The fourth-order valence-electron chi connectivity index (χ4n) is 2.91. The molecular weight excluding hydrogens is 292 g/mol. The fourth-order valence-corrected chi connectivity index (χ4v) is 4.69. The second kappa shape index (κ2) is 5.29. The number of carbonyl (C=O) groups excluding carboxylic acids is 2. The van der Waals surface area contributed by atoms with Crippen molar-refractivity contribution in [2.75, 3.05) is 18.6 Å². The summed E-state index contributed by atoms with van der Waals surface area (Å²) in [5.74, 6) is -0.235. The van der Waals surface area contributed by atoms with Crippen LogP contribution in [-0.4, -0.2) is 54.6 Å². The molecule has 1 aliphatic rings. The Kier molecular flexibility index (Phi) is 3.97. The second-order valence-corrected chi connectivity index (χ2v) is 7.88. The molecule has 0 radical (unpaired) electrons. The molecule has 0 bridgehead atoms. The molecule has 0 aromatic carbocycles. The maximum atomic E-state index is 12.5. The molecule has 0 aliphatic carbocycles. The average Bonchev–Trinajstić information content (AvgIpc) is 2.87. The van der Waals surface area contributed by atoms with Crippen LogP contribution in [0.1, 0.15) is 45.4 Å². The Balaban J connectivity index is 2.29. The van der Waals surface area contributed by atoms with Crippen molar-refractivity contribution in [1.29, 1.82) is 0 Å². The van der Waals surface area contributed by atoms with Gasteiger partial charge in [0.25, 0.3) is 5.91 Å². The Bertz CT molecular complexity index is 703. The van der Waals surface area contributed by atoms with Gasteiger partial charge in [-0.15, -0.1) is 0 Å². The van der Waals surface area contributed by atoms with Gasteiger partial charge in [0, 0.05) is 24.3 Å². The van der Waals surface area contributed by atoms with E-state index >= 15 is 0 Å². The number of rotatable bonds is 3. The SMILES string of the molecule is CC(=O)c1c(C)[nH]c(C(=O)N(C)[C@H]2CCS(=O)(=O)C2)c1C. The average molecular weight is 312 g/mol. The van der Waals surface area contributed by atoms with Gasteiger partial charge in [-0.25, -0.2) is 8.42 Å². The lowest BCUT2D eigenvalue weighted by Crippen LogP contribution is -2.38. The highest BCUT2D eigenvalue weighted by Crippen LogP contribution is 2.23. The monoisotopic (exact) mass is 312 g/mol. The molecule has 1 aliphatic heterocycles. The molecule has 116 valence electrons. The van der Waals surface area contributed by atoms with E-state index in [1.54, 1.807) is 20.9 Å². The van der Waals surface area contributed by atoms with Gasteiger partial charge in [0.05, 0.1) is 11.5 Å². The highest BCUT2D eigenvalue weighted by molar-refractivity contribution is 7.91. The first-order chi connectivity index (χ1) is 9.64. The van der Waals surface area contributed by atoms with E-state index < -0.39 is 9.84 Å². The van der Waals surface area contributed by atoms with Gasteiger partial charge in [0.15, 0.2) is 15.6 Å². The van der Waals surface area contributed by atoms with E-state index in [1.807, 2.05) is 0 Å². The van der Waals surface area contributed by atoms with Crippen LogP contribution in [0.4, 0.5) is 0 Å². The molecule has 2 rings (SSSR count). The minimum atomic E-state index is -3.04. The lowest BCUT2D eigenvalue weighted by Gasteiger charge is -2.23. The summed E-state index contributed by atoms with van der Waals surface area (Å²) < 4.78 is 23.1. The zero-order chi connectivity index (χ0) is 15.9. The van der Waals surface area contributed by atoms with Crippen LogP contribution in [0.5, 0.6) is 0 Å². The number of H-pyrrole nitrogens is 1. The number of nitrogens with zero attached hydrogens (tertiary/aromatic N) is 1. The van der Waals surface area contributed by atoms with Crippen LogP contribution < -0.4 is 0 Å². The Labute approximate surface area is 124 Å². The standard InChI is InChI=1S/C14H20N2O4S/c1-8-12(10(3)17)9(2)15-13(8)14(18)16(4)11-5-6-21(19,20)7-11/h11,15H,5-7H2,1-4H3/t11-/m0/s1. The number of sulfone groups is 1. The number of aryl methyl sites for hydroxylation is 1. The molecular formula is C14H20N2O4S. The van der Waals surface area contributed by atoms with Crippen molar-refractivity contribution in [2.24, 2.45) is 0 Å². The molecule has 0 spiro atoms. The van der Waals surface area contributed by atoms with Gasteiger partial charge in [-0.2, -0.15) is 0 Å². The van der Waals surface area contributed by atoms with Crippen LogP contribution in [0.25, 0.3) is 0 Å². The number of aromatic nitrogens is 1. The first kappa shape index (κ1) is 15.8. The van der Waals surface area contributed by atoms with Crippen molar-refractivity contribution in [1.82, 2.24) is 9.88 Å². The lowest BCUT2D eigenvalue weighted by molar-refractivity contribution is 0.0741. The predicted octanol–water partition coefficient (Wildman–Crippen LogP) is 1.09. The van der Waals surface area contributed by atoms with Crippen LogP contribution in [0.3, 0.4) is 0 Å². The van der Waals surface area contributed by atoms with E-state index in [-0.39, 0.29) is 29.2 Å². The summed E-state index contributed by atoms with van der Waals surface area (Å²) in [6.45, 7) is 4.94. The van der Waals surface area contributed by atoms with Gasteiger partial charge >= 0.3 is 0 Å². The summed E-state index contributed by atoms with van der Waals surface area (Å²) in [5, 5.41) is 0. The highest BCUT2D eigenvalue weighted by Gasteiger charge is 2.34. The molecule has 2 heterocycles. The van der Waals surface area contributed by atoms with E-state index in [0.29, 0.717) is 28.9 Å². The van der Waals surface area contributed by atoms with Crippen LogP contribution in [-0.2, 0) is 9.84 Å². The number of aromatic amines is 1. The van der Waals surface area contributed by atoms with E-state index in [4.69, 9.17) is 0 Å². The fraction of sp³-hybridized carbons (Fsp3) is 0.571. The van der Waals surface area contributed by atoms with Gasteiger partial charge in [0.1, 0.15) is 5.69 Å². The van der Waals surface area contributed by atoms with Crippen LogP contribution in [0.2, 0.25) is 0 Å². The highest BCUT2D eigenvalue weighted by atomic mass is 32.2. The van der Waals surface area contributed by atoms with Gasteiger partial charge in [-0.3, -0.25) is 9.59 Å². The van der Waals surface area contributed by atoms with Gasteiger partial charge in [0.2, 0.25) is 0 Å². The van der Waals surface area contributed by atoms with Crippen LogP contribution >= 0.6 is 0 Å². The Morgan fingerprint density at radius 1 is 1.29 bits per heavy atom. The van der Waals surface area contributed by atoms with Gasteiger partial charge < -0.3 is 9.88 Å². The summed E-state index contributed by atoms with van der Waals surface area (Å²) in [5.41, 5.74) is 2.18. The number of ketones is 1. The zero-order valence-electron chi connectivity index (χ0n) is 12.7.